The van der Waals surface area contributed by atoms with Crippen LogP contribution in [0.25, 0.3) is 0 Å². The summed E-state index contributed by atoms with van der Waals surface area (Å²) in [5.74, 6) is 0.103. The van der Waals surface area contributed by atoms with Crippen LogP contribution in [0.1, 0.15) is 37.7 Å². The number of piperazine rings is 1. The molecular formula is C20H25N3O2. The predicted molar refractivity (Wildman–Crippen MR) is 97.9 cm³/mol. The molecule has 0 bridgehead atoms. The van der Waals surface area contributed by atoms with Crippen LogP contribution in [0.4, 0.5) is 0 Å². The molecule has 1 saturated heterocycles. The average Bonchev–Trinajstić information content (AvgIpc) is 2.88. The van der Waals surface area contributed by atoms with E-state index in [9.17, 15) is 9.59 Å². The Kier molecular flexibility index (Phi) is 4.66. The molecule has 25 heavy (non-hydrogen) atoms. The van der Waals surface area contributed by atoms with Crippen molar-refractivity contribution in [3.8, 4) is 0 Å². The molecule has 0 aliphatic carbocycles. The normalized spacial score (nSPS) is 14.7. The number of benzene rings is 1. The van der Waals surface area contributed by atoms with Crippen LogP contribution in [0.3, 0.4) is 0 Å². The molecule has 1 aromatic carbocycles. The highest BCUT2D eigenvalue weighted by molar-refractivity contribution is 5.97. The van der Waals surface area contributed by atoms with Gasteiger partial charge in [-0.05, 0) is 39.0 Å². The zero-order chi connectivity index (χ0) is 18.1. The fraction of sp³-hybridized carbons (Fsp3) is 0.400. The molecule has 1 aliphatic rings. The van der Waals surface area contributed by atoms with Gasteiger partial charge in [0.1, 0.15) is 0 Å². The zero-order valence-corrected chi connectivity index (χ0v) is 15.4. The van der Waals surface area contributed by atoms with Crippen LogP contribution in [0.15, 0.2) is 30.3 Å². The summed E-state index contributed by atoms with van der Waals surface area (Å²) < 4.78 is 2.03. The summed E-state index contributed by atoms with van der Waals surface area (Å²) in [6.07, 6.45) is 0. The van der Waals surface area contributed by atoms with Crippen molar-refractivity contribution in [3.63, 3.8) is 0 Å². The Hall–Kier alpha value is -2.56. The molecule has 0 radical (unpaired) electrons. The van der Waals surface area contributed by atoms with Gasteiger partial charge in [-0.1, -0.05) is 17.7 Å². The second kappa shape index (κ2) is 6.75. The van der Waals surface area contributed by atoms with Gasteiger partial charge in [-0.25, -0.2) is 0 Å². The molecule has 0 saturated carbocycles. The van der Waals surface area contributed by atoms with Crippen molar-refractivity contribution in [1.29, 1.82) is 0 Å². The van der Waals surface area contributed by atoms with E-state index in [0.29, 0.717) is 31.7 Å². The van der Waals surface area contributed by atoms with E-state index in [1.54, 1.807) is 0 Å². The number of carbonyl (C=O) groups excluding carboxylic acids is 2. The fourth-order valence-corrected chi connectivity index (χ4v) is 3.32. The number of nitrogens with zero attached hydrogens (tertiary/aromatic N) is 3. The van der Waals surface area contributed by atoms with Gasteiger partial charge in [0, 0.05) is 50.2 Å². The molecule has 132 valence electrons. The highest BCUT2D eigenvalue weighted by Gasteiger charge is 2.27. The van der Waals surface area contributed by atoms with Gasteiger partial charge in [0.25, 0.3) is 11.8 Å². The molecule has 2 aromatic rings. The zero-order valence-electron chi connectivity index (χ0n) is 15.4. The van der Waals surface area contributed by atoms with Crippen LogP contribution >= 0.6 is 0 Å². The maximum Gasteiger partial charge on any atom is 0.255 e. The third-order valence-electron chi connectivity index (χ3n) is 5.12. The number of rotatable bonds is 2. The van der Waals surface area contributed by atoms with Crippen LogP contribution in [0.5, 0.6) is 0 Å². The van der Waals surface area contributed by atoms with Gasteiger partial charge in [-0.2, -0.15) is 0 Å². The van der Waals surface area contributed by atoms with Gasteiger partial charge in [-0.15, -0.1) is 0 Å². The molecule has 3 rings (SSSR count). The summed E-state index contributed by atoms with van der Waals surface area (Å²) in [6.45, 7) is 8.25. The van der Waals surface area contributed by atoms with E-state index < -0.39 is 0 Å². The summed E-state index contributed by atoms with van der Waals surface area (Å²) in [7, 11) is 1.97. The Morgan fingerprint density at radius 2 is 1.48 bits per heavy atom. The van der Waals surface area contributed by atoms with Crippen LogP contribution in [0.2, 0.25) is 0 Å². The Morgan fingerprint density at radius 3 is 2.00 bits per heavy atom. The van der Waals surface area contributed by atoms with Gasteiger partial charge in [0.2, 0.25) is 0 Å². The van der Waals surface area contributed by atoms with E-state index in [0.717, 1.165) is 22.5 Å². The molecule has 5 heteroatoms. The first kappa shape index (κ1) is 17.3. The molecule has 5 nitrogen and oxygen atoms in total. The molecule has 0 spiro atoms. The number of amides is 2. The van der Waals surface area contributed by atoms with Crippen molar-refractivity contribution in [2.45, 2.75) is 20.8 Å². The van der Waals surface area contributed by atoms with E-state index in [1.165, 1.54) is 0 Å². The van der Waals surface area contributed by atoms with E-state index in [4.69, 9.17) is 0 Å². The standard InChI is InChI=1S/C20H25N3O2/c1-14-6-5-7-17(12-14)19(24)22-8-10-23(11-9-22)20(25)18-13-15(2)21(4)16(18)3/h5-7,12-13H,8-11H2,1-4H3. The lowest BCUT2D eigenvalue weighted by Crippen LogP contribution is -2.50. The Balaban J connectivity index is 1.66. The lowest BCUT2D eigenvalue weighted by atomic mass is 10.1. The first-order chi connectivity index (χ1) is 11.9. The lowest BCUT2D eigenvalue weighted by Gasteiger charge is -2.35. The summed E-state index contributed by atoms with van der Waals surface area (Å²) in [4.78, 5) is 29.1. The smallest absolute Gasteiger partial charge is 0.255 e. The lowest BCUT2D eigenvalue weighted by molar-refractivity contribution is 0.0535. The minimum atomic E-state index is 0.0440. The van der Waals surface area contributed by atoms with Crippen LogP contribution in [-0.2, 0) is 7.05 Å². The minimum Gasteiger partial charge on any atom is -0.351 e. The summed E-state index contributed by atoms with van der Waals surface area (Å²) in [6, 6.07) is 9.60. The second-order valence-corrected chi connectivity index (χ2v) is 6.80. The SMILES string of the molecule is Cc1cccc(C(=O)N2CCN(C(=O)c3cc(C)n(C)c3C)CC2)c1. The van der Waals surface area contributed by atoms with Crippen LogP contribution in [-0.4, -0.2) is 52.4 Å². The van der Waals surface area contributed by atoms with E-state index in [1.807, 2.05) is 72.5 Å². The van der Waals surface area contributed by atoms with Crippen molar-refractivity contribution in [1.82, 2.24) is 14.4 Å². The Bertz CT molecular complexity index is 814. The fourth-order valence-electron chi connectivity index (χ4n) is 3.32. The number of hydrogen-bond acceptors (Lipinski definition) is 2. The first-order valence-corrected chi connectivity index (χ1v) is 8.66. The third-order valence-corrected chi connectivity index (χ3v) is 5.12. The van der Waals surface area contributed by atoms with E-state index in [2.05, 4.69) is 0 Å². The van der Waals surface area contributed by atoms with Crippen molar-refractivity contribution in [2.75, 3.05) is 26.2 Å². The Labute approximate surface area is 148 Å². The minimum absolute atomic E-state index is 0.0440. The molecule has 1 aromatic heterocycles. The van der Waals surface area contributed by atoms with Crippen LogP contribution in [0, 0.1) is 20.8 Å². The number of aryl methyl sites for hydroxylation is 2. The molecule has 2 amide bonds. The van der Waals surface area contributed by atoms with Gasteiger partial charge in [0.15, 0.2) is 0 Å². The molecule has 2 heterocycles. The highest BCUT2D eigenvalue weighted by Crippen LogP contribution is 2.17. The molecule has 1 aliphatic heterocycles. The van der Waals surface area contributed by atoms with Crippen molar-refractivity contribution >= 4 is 11.8 Å². The van der Waals surface area contributed by atoms with Crippen molar-refractivity contribution in [3.05, 3.63) is 58.4 Å². The number of hydrogen-bond donors (Lipinski definition) is 0. The topological polar surface area (TPSA) is 45.6 Å². The maximum absolute atomic E-state index is 12.8. The number of aromatic nitrogens is 1. The van der Waals surface area contributed by atoms with Gasteiger partial charge in [-0.3, -0.25) is 9.59 Å². The van der Waals surface area contributed by atoms with Gasteiger partial charge in [0.05, 0.1) is 5.56 Å². The van der Waals surface area contributed by atoms with E-state index in [-0.39, 0.29) is 11.8 Å². The molecular weight excluding hydrogens is 314 g/mol. The summed E-state index contributed by atoms with van der Waals surface area (Å²) in [5, 5.41) is 0. The quantitative estimate of drug-likeness (QED) is 0.844. The van der Waals surface area contributed by atoms with Crippen molar-refractivity contribution < 1.29 is 9.59 Å². The Morgan fingerprint density at radius 1 is 0.880 bits per heavy atom. The maximum atomic E-state index is 12.8. The number of carbonyl (C=O) groups is 2. The van der Waals surface area contributed by atoms with Gasteiger partial charge >= 0.3 is 0 Å². The highest BCUT2D eigenvalue weighted by atomic mass is 16.2. The average molecular weight is 339 g/mol. The van der Waals surface area contributed by atoms with E-state index >= 15 is 0 Å². The van der Waals surface area contributed by atoms with Gasteiger partial charge < -0.3 is 14.4 Å². The van der Waals surface area contributed by atoms with Crippen molar-refractivity contribution in [2.24, 2.45) is 7.05 Å². The summed E-state index contributed by atoms with van der Waals surface area (Å²) in [5.41, 5.74) is 4.62. The first-order valence-electron chi connectivity index (χ1n) is 8.66. The summed E-state index contributed by atoms with van der Waals surface area (Å²) >= 11 is 0. The predicted octanol–water partition coefficient (Wildman–Crippen LogP) is 2.55. The molecule has 1 fully saturated rings. The second-order valence-electron chi connectivity index (χ2n) is 6.80. The molecule has 0 N–H and O–H groups in total. The molecule has 0 unspecified atom stereocenters. The third kappa shape index (κ3) is 3.31. The van der Waals surface area contributed by atoms with Crippen LogP contribution < -0.4 is 0 Å². The monoisotopic (exact) mass is 339 g/mol. The molecule has 0 atom stereocenters. The largest absolute Gasteiger partial charge is 0.351 e.